The summed E-state index contributed by atoms with van der Waals surface area (Å²) in [6.07, 6.45) is 0. The van der Waals surface area contributed by atoms with Gasteiger partial charge in [-0.3, -0.25) is 4.79 Å². The SMILES string of the molecule is CCOC(=O)C(NOC(=O)c1ccc(F)cc1)C(C)=O. The van der Waals surface area contributed by atoms with Crippen molar-refractivity contribution in [2.24, 2.45) is 0 Å². The highest BCUT2D eigenvalue weighted by Gasteiger charge is 2.26. The maximum Gasteiger partial charge on any atom is 0.356 e. The van der Waals surface area contributed by atoms with Crippen molar-refractivity contribution in [1.29, 1.82) is 0 Å². The Balaban J connectivity index is 2.63. The Morgan fingerprint density at radius 2 is 1.85 bits per heavy atom. The number of hydroxylamine groups is 1. The predicted octanol–water partition coefficient (Wildman–Crippen LogP) is 1.01. The van der Waals surface area contributed by atoms with Gasteiger partial charge in [0, 0.05) is 0 Å². The van der Waals surface area contributed by atoms with Crippen molar-refractivity contribution >= 4 is 17.7 Å². The third-order valence-corrected chi connectivity index (χ3v) is 2.28. The molecule has 0 heterocycles. The van der Waals surface area contributed by atoms with Crippen LogP contribution in [0.15, 0.2) is 24.3 Å². The number of hydrogen-bond acceptors (Lipinski definition) is 6. The molecule has 0 saturated carbocycles. The second-order valence-corrected chi connectivity index (χ2v) is 3.81. The van der Waals surface area contributed by atoms with Crippen molar-refractivity contribution in [3.8, 4) is 0 Å². The van der Waals surface area contributed by atoms with E-state index in [4.69, 9.17) is 0 Å². The van der Waals surface area contributed by atoms with E-state index in [2.05, 4.69) is 9.57 Å². The second kappa shape index (κ2) is 7.34. The summed E-state index contributed by atoms with van der Waals surface area (Å²) in [5.74, 6) is -2.74. The van der Waals surface area contributed by atoms with Crippen LogP contribution in [-0.2, 0) is 19.2 Å². The van der Waals surface area contributed by atoms with Crippen LogP contribution < -0.4 is 5.48 Å². The van der Waals surface area contributed by atoms with E-state index in [0.29, 0.717) is 0 Å². The number of carbonyl (C=O) groups excluding carboxylic acids is 3. The largest absolute Gasteiger partial charge is 0.464 e. The Morgan fingerprint density at radius 3 is 2.35 bits per heavy atom. The molecule has 108 valence electrons. The first-order valence-corrected chi connectivity index (χ1v) is 5.85. The van der Waals surface area contributed by atoms with Crippen LogP contribution in [0, 0.1) is 5.82 Å². The number of ether oxygens (including phenoxy) is 1. The molecule has 0 saturated heterocycles. The summed E-state index contributed by atoms with van der Waals surface area (Å²) in [7, 11) is 0. The molecule has 0 fully saturated rings. The van der Waals surface area contributed by atoms with Gasteiger partial charge in [0.1, 0.15) is 5.82 Å². The third-order valence-electron chi connectivity index (χ3n) is 2.28. The minimum absolute atomic E-state index is 0.0741. The average molecular weight is 283 g/mol. The van der Waals surface area contributed by atoms with Crippen molar-refractivity contribution in [2.75, 3.05) is 6.61 Å². The van der Waals surface area contributed by atoms with Gasteiger partial charge in [-0.15, -0.1) is 5.48 Å². The summed E-state index contributed by atoms with van der Waals surface area (Å²) in [5, 5.41) is 0. The lowest BCUT2D eigenvalue weighted by molar-refractivity contribution is -0.151. The smallest absolute Gasteiger partial charge is 0.356 e. The van der Waals surface area contributed by atoms with E-state index in [1.165, 1.54) is 12.1 Å². The fourth-order valence-electron chi connectivity index (χ4n) is 1.28. The number of nitrogens with one attached hydrogen (secondary N) is 1. The number of hydrogen-bond donors (Lipinski definition) is 1. The lowest BCUT2D eigenvalue weighted by atomic mass is 10.2. The Morgan fingerprint density at radius 1 is 1.25 bits per heavy atom. The lowest BCUT2D eigenvalue weighted by Crippen LogP contribution is -2.44. The lowest BCUT2D eigenvalue weighted by Gasteiger charge is -2.13. The van der Waals surface area contributed by atoms with Crippen molar-refractivity contribution in [1.82, 2.24) is 5.48 Å². The predicted molar refractivity (Wildman–Crippen MR) is 66.1 cm³/mol. The number of halogens is 1. The third kappa shape index (κ3) is 4.43. The van der Waals surface area contributed by atoms with Gasteiger partial charge in [0.25, 0.3) is 0 Å². The maximum absolute atomic E-state index is 12.7. The van der Waals surface area contributed by atoms with Gasteiger partial charge in [0.15, 0.2) is 11.8 Å². The topological polar surface area (TPSA) is 81.7 Å². The average Bonchev–Trinajstić information content (AvgIpc) is 2.39. The number of esters is 1. The fourth-order valence-corrected chi connectivity index (χ4v) is 1.28. The summed E-state index contributed by atoms with van der Waals surface area (Å²) in [4.78, 5) is 38.9. The van der Waals surface area contributed by atoms with E-state index in [1.54, 1.807) is 6.92 Å². The van der Waals surface area contributed by atoms with Gasteiger partial charge in [-0.2, -0.15) is 0 Å². The van der Waals surface area contributed by atoms with Crippen molar-refractivity contribution in [3.63, 3.8) is 0 Å². The van der Waals surface area contributed by atoms with Gasteiger partial charge >= 0.3 is 11.9 Å². The number of rotatable bonds is 6. The molecule has 0 bridgehead atoms. The fraction of sp³-hybridized carbons (Fsp3) is 0.308. The van der Waals surface area contributed by atoms with E-state index >= 15 is 0 Å². The van der Waals surface area contributed by atoms with Crippen LogP contribution >= 0.6 is 0 Å². The van der Waals surface area contributed by atoms with Crippen LogP contribution in [0.4, 0.5) is 4.39 Å². The molecule has 1 unspecified atom stereocenters. The van der Waals surface area contributed by atoms with E-state index in [-0.39, 0.29) is 12.2 Å². The van der Waals surface area contributed by atoms with Crippen LogP contribution in [0.5, 0.6) is 0 Å². The van der Waals surface area contributed by atoms with E-state index in [0.717, 1.165) is 19.1 Å². The first kappa shape index (κ1) is 15.8. The summed E-state index contributed by atoms with van der Waals surface area (Å²) < 4.78 is 17.3. The van der Waals surface area contributed by atoms with Crippen molar-refractivity contribution in [2.45, 2.75) is 19.9 Å². The molecular formula is C13H14FNO5. The molecule has 7 heteroatoms. The van der Waals surface area contributed by atoms with Gasteiger partial charge in [0.2, 0.25) is 0 Å². The zero-order valence-electron chi connectivity index (χ0n) is 11.0. The molecule has 1 aromatic carbocycles. The summed E-state index contributed by atoms with van der Waals surface area (Å²) in [6.45, 7) is 2.83. The molecule has 1 aromatic rings. The second-order valence-electron chi connectivity index (χ2n) is 3.81. The number of carbonyl (C=O) groups is 3. The number of Topliss-reactive ketones (excluding diaryl/α,β-unsaturated/α-hetero) is 1. The van der Waals surface area contributed by atoms with Crippen LogP contribution in [0.1, 0.15) is 24.2 Å². The minimum Gasteiger partial charge on any atom is -0.464 e. The summed E-state index contributed by atoms with van der Waals surface area (Å²) in [5.41, 5.74) is 2.12. The highest BCUT2D eigenvalue weighted by Crippen LogP contribution is 2.04. The van der Waals surface area contributed by atoms with Gasteiger partial charge in [-0.05, 0) is 38.1 Å². The van der Waals surface area contributed by atoms with Crippen LogP contribution in [0.25, 0.3) is 0 Å². The van der Waals surface area contributed by atoms with Crippen LogP contribution in [-0.4, -0.2) is 30.4 Å². The van der Waals surface area contributed by atoms with Gasteiger partial charge in [-0.25, -0.2) is 14.0 Å². The number of ketones is 1. The molecule has 0 radical (unpaired) electrons. The van der Waals surface area contributed by atoms with Crippen LogP contribution in [0.3, 0.4) is 0 Å². The molecule has 6 nitrogen and oxygen atoms in total. The number of benzene rings is 1. The molecule has 1 N–H and O–H groups in total. The molecular weight excluding hydrogens is 269 g/mol. The molecule has 0 aliphatic rings. The van der Waals surface area contributed by atoms with E-state index < -0.39 is 29.6 Å². The Bertz CT molecular complexity index is 500. The summed E-state index contributed by atoms with van der Waals surface area (Å²) in [6, 6.07) is 3.22. The van der Waals surface area contributed by atoms with Crippen molar-refractivity contribution < 1.29 is 28.3 Å². The van der Waals surface area contributed by atoms with Gasteiger partial charge in [-0.1, -0.05) is 0 Å². The standard InChI is InChI=1S/C13H14FNO5/c1-3-19-13(18)11(8(2)16)15-20-12(17)9-4-6-10(14)7-5-9/h4-7,11,15H,3H2,1-2H3. The van der Waals surface area contributed by atoms with Gasteiger partial charge in [0.05, 0.1) is 12.2 Å². The summed E-state index contributed by atoms with van der Waals surface area (Å²) >= 11 is 0. The molecule has 20 heavy (non-hydrogen) atoms. The highest BCUT2D eigenvalue weighted by molar-refractivity contribution is 6.02. The quantitative estimate of drug-likeness (QED) is 0.476. The van der Waals surface area contributed by atoms with Crippen molar-refractivity contribution in [3.05, 3.63) is 35.6 Å². The molecule has 0 aliphatic carbocycles. The van der Waals surface area contributed by atoms with E-state index in [9.17, 15) is 18.8 Å². The minimum atomic E-state index is -1.39. The highest BCUT2D eigenvalue weighted by atomic mass is 19.1. The Kier molecular flexibility index (Phi) is 5.79. The zero-order chi connectivity index (χ0) is 15.1. The zero-order valence-corrected chi connectivity index (χ0v) is 11.0. The Labute approximate surface area is 114 Å². The maximum atomic E-state index is 12.7. The van der Waals surface area contributed by atoms with Gasteiger partial charge < -0.3 is 9.57 Å². The molecule has 1 rings (SSSR count). The first-order chi connectivity index (χ1) is 9.45. The normalized spacial score (nSPS) is 11.6. The van der Waals surface area contributed by atoms with E-state index in [1.807, 2.05) is 5.48 Å². The molecule has 0 aliphatic heterocycles. The monoisotopic (exact) mass is 283 g/mol. The molecule has 1 atom stereocenters. The molecule has 0 amide bonds. The van der Waals surface area contributed by atoms with Crippen LogP contribution in [0.2, 0.25) is 0 Å². The first-order valence-electron chi connectivity index (χ1n) is 5.85. The Hall–Kier alpha value is -2.28. The molecule has 0 spiro atoms. The molecule has 0 aromatic heterocycles.